The Labute approximate surface area is 140 Å². The fourth-order valence-electron chi connectivity index (χ4n) is 3.47. The van der Waals surface area contributed by atoms with Crippen molar-refractivity contribution in [1.29, 1.82) is 0 Å². The third-order valence-electron chi connectivity index (χ3n) is 4.99. The van der Waals surface area contributed by atoms with Gasteiger partial charge in [-0.3, -0.25) is 4.99 Å². The van der Waals surface area contributed by atoms with Crippen LogP contribution in [0.4, 0.5) is 0 Å². The van der Waals surface area contributed by atoms with Gasteiger partial charge in [0, 0.05) is 51.8 Å². The van der Waals surface area contributed by atoms with Crippen LogP contribution in [-0.2, 0) is 4.74 Å². The van der Waals surface area contributed by atoms with E-state index in [1.165, 1.54) is 0 Å². The number of ether oxygens (including phenoxy) is 1. The molecule has 1 aliphatic heterocycles. The molecule has 6 heteroatoms. The van der Waals surface area contributed by atoms with Gasteiger partial charge in [0.05, 0.1) is 12.7 Å². The van der Waals surface area contributed by atoms with Gasteiger partial charge < -0.3 is 25.4 Å². The number of hydrogen-bond donors (Lipinski definition) is 3. The van der Waals surface area contributed by atoms with Crippen molar-refractivity contribution in [2.75, 3.05) is 46.4 Å². The zero-order valence-electron chi connectivity index (χ0n) is 14.8. The van der Waals surface area contributed by atoms with E-state index in [0.717, 1.165) is 77.4 Å². The Hall–Kier alpha value is -0.850. The molecular weight excluding hydrogens is 292 g/mol. The zero-order chi connectivity index (χ0) is 16.5. The number of guanidine groups is 1. The second-order valence-corrected chi connectivity index (χ2v) is 6.73. The molecule has 0 radical (unpaired) electrons. The fourth-order valence-corrected chi connectivity index (χ4v) is 3.47. The molecule has 6 nitrogen and oxygen atoms in total. The molecule has 1 aliphatic carbocycles. The molecule has 2 aliphatic rings. The number of rotatable bonds is 7. The van der Waals surface area contributed by atoms with Crippen molar-refractivity contribution < 1.29 is 9.84 Å². The van der Waals surface area contributed by atoms with Crippen LogP contribution in [0, 0.1) is 5.92 Å². The Morgan fingerprint density at radius 2 is 2.04 bits per heavy atom. The number of hydrogen-bond acceptors (Lipinski definition) is 4. The number of nitrogens with zero attached hydrogens (tertiary/aromatic N) is 2. The maximum Gasteiger partial charge on any atom is 0.191 e. The lowest BCUT2D eigenvalue weighted by molar-refractivity contribution is 0.128. The first kappa shape index (κ1) is 18.5. The van der Waals surface area contributed by atoms with Crippen LogP contribution in [0.2, 0.25) is 0 Å². The number of methoxy groups -OCH3 is 1. The Bertz CT molecular complexity index is 357. The summed E-state index contributed by atoms with van der Waals surface area (Å²) >= 11 is 0. The molecule has 1 saturated carbocycles. The van der Waals surface area contributed by atoms with Crippen LogP contribution in [0.25, 0.3) is 0 Å². The average molecular weight is 326 g/mol. The minimum Gasteiger partial charge on any atom is -0.393 e. The number of likely N-dealkylation sites (tertiary alicyclic amines) is 1. The summed E-state index contributed by atoms with van der Waals surface area (Å²) in [5, 5.41) is 16.8. The highest BCUT2D eigenvalue weighted by Gasteiger charge is 2.25. The van der Waals surface area contributed by atoms with Gasteiger partial charge in [0.25, 0.3) is 0 Å². The van der Waals surface area contributed by atoms with Gasteiger partial charge in [-0.1, -0.05) is 6.42 Å². The number of aliphatic imine (C=N–C) groups is 1. The van der Waals surface area contributed by atoms with Gasteiger partial charge in [0.1, 0.15) is 0 Å². The van der Waals surface area contributed by atoms with E-state index in [1.54, 1.807) is 7.11 Å². The number of piperidine rings is 1. The summed E-state index contributed by atoms with van der Waals surface area (Å²) in [7, 11) is 1.76. The van der Waals surface area contributed by atoms with Crippen molar-refractivity contribution in [2.45, 2.75) is 51.2 Å². The Morgan fingerprint density at radius 3 is 2.65 bits per heavy atom. The second kappa shape index (κ2) is 10.1. The predicted molar refractivity (Wildman–Crippen MR) is 93.8 cm³/mol. The molecule has 23 heavy (non-hydrogen) atoms. The zero-order valence-corrected chi connectivity index (χ0v) is 14.8. The Kier molecular flexibility index (Phi) is 8.12. The minimum absolute atomic E-state index is 0.161. The average Bonchev–Trinajstić information content (AvgIpc) is 2.97. The van der Waals surface area contributed by atoms with Crippen LogP contribution in [-0.4, -0.2) is 74.6 Å². The molecule has 0 spiro atoms. The van der Waals surface area contributed by atoms with Gasteiger partial charge in [-0.25, -0.2) is 0 Å². The molecule has 3 N–H and O–H groups in total. The molecule has 2 atom stereocenters. The first-order chi connectivity index (χ1) is 11.2. The lowest BCUT2D eigenvalue weighted by Gasteiger charge is -2.33. The van der Waals surface area contributed by atoms with Crippen LogP contribution in [0.3, 0.4) is 0 Å². The van der Waals surface area contributed by atoms with Crippen molar-refractivity contribution in [1.82, 2.24) is 15.5 Å². The monoisotopic (exact) mass is 326 g/mol. The van der Waals surface area contributed by atoms with Crippen LogP contribution >= 0.6 is 0 Å². The van der Waals surface area contributed by atoms with Gasteiger partial charge >= 0.3 is 0 Å². The van der Waals surface area contributed by atoms with E-state index in [4.69, 9.17) is 9.73 Å². The molecule has 0 amide bonds. The third kappa shape index (κ3) is 6.28. The van der Waals surface area contributed by atoms with Gasteiger partial charge in [-0.15, -0.1) is 0 Å². The smallest absolute Gasteiger partial charge is 0.191 e. The van der Waals surface area contributed by atoms with Crippen LogP contribution in [0.1, 0.15) is 39.0 Å². The number of nitrogens with one attached hydrogen (secondary N) is 2. The van der Waals surface area contributed by atoms with Gasteiger partial charge in [-0.05, 0) is 32.6 Å². The Balaban J connectivity index is 1.75. The van der Waals surface area contributed by atoms with Gasteiger partial charge in [0.15, 0.2) is 5.96 Å². The molecule has 1 heterocycles. The summed E-state index contributed by atoms with van der Waals surface area (Å²) in [5.74, 6) is 1.24. The van der Waals surface area contributed by atoms with E-state index < -0.39 is 0 Å². The summed E-state index contributed by atoms with van der Waals surface area (Å²) < 4.78 is 5.15. The van der Waals surface area contributed by atoms with Crippen molar-refractivity contribution >= 4 is 5.96 Å². The third-order valence-corrected chi connectivity index (χ3v) is 4.99. The quantitative estimate of drug-likeness (QED) is 0.477. The van der Waals surface area contributed by atoms with Gasteiger partial charge in [-0.2, -0.15) is 0 Å². The molecule has 1 saturated heterocycles. The maximum atomic E-state index is 9.93. The summed E-state index contributed by atoms with van der Waals surface area (Å²) in [4.78, 5) is 7.17. The SMILES string of the molecule is CCNC(=NCC1CCCC1O)NC1CCN(CCOC)CC1. The standard InChI is InChI=1S/C17H34N4O2/c1-3-18-17(19-13-14-5-4-6-16(14)22)20-15-7-9-21(10-8-15)11-12-23-2/h14-16,22H,3-13H2,1-2H3,(H2,18,19,20). The molecule has 134 valence electrons. The predicted octanol–water partition coefficient (Wildman–Crippen LogP) is 0.813. The first-order valence-corrected chi connectivity index (χ1v) is 9.17. The number of aliphatic hydroxyl groups excluding tert-OH is 1. The van der Waals surface area contributed by atoms with E-state index in [0.29, 0.717) is 12.0 Å². The van der Waals surface area contributed by atoms with E-state index in [-0.39, 0.29) is 6.10 Å². The van der Waals surface area contributed by atoms with Crippen molar-refractivity contribution in [2.24, 2.45) is 10.9 Å². The first-order valence-electron chi connectivity index (χ1n) is 9.17. The Morgan fingerprint density at radius 1 is 1.26 bits per heavy atom. The summed E-state index contributed by atoms with van der Waals surface area (Å²) in [6.45, 7) is 7.75. The highest BCUT2D eigenvalue weighted by atomic mass is 16.5. The summed E-state index contributed by atoms with van der Waals surface area (Å²) in [6, 6.07) is 0.486. The molecule has 0 bridgehead atoms. The van der Waals surface area contributed by atoms with E-state index in [1.807, 2.05) is 0 Å². The fraction of sp³-hybridized carbons (Fsp3) is 0.941. The van der Waals surface area contributed by atoms with Crippen LogP contribution in [0.15, 0.2) is 4.99 Å². The lowest BCUT2D eigenvalue weighted by Crippen LogP contribution is -2.49. The molecule has 2 fully saturated rings. The second-order valence-electron chi connectivity index (χ2n) is 6.73. The normalized spacial score (nSPS) is 27.3. The largest absolute Gasteiger partial charge is 0.393 e. The van der Waals surface area contributed by atoms with E-state index >= 15 is 0 Å². The van der Waals surface area contributed by atoms with Crippen molar-refractivity contribution in [3.63, 3.8) is 0 Å². The van der Waals surface area contributed by atoms with E-state index in [2.05, 4.69) is 22.5 Å². The van der Waals surface area contributed by atoms with Crippen LogP contribution in [0.5, 0.6) is 0 Å². The molecular formula is C17H34N4O2. The maximum absolute atomic E-state index is 9.93. The highest BCUT2D eigenvalue weighted by Crippen LogP contribution is 2.25. The van der Waals surface area contributed by atoms with Crippen molar-refractivity contribution in [3.05, 3.63) is 0 Å². The highest BCUT2D eigenvalue weighted by molar-refractivity contribution is 5.80. The molecule has 0 aromatic carbocycles. The minimum atomic E-state index is -0.161. The molecule has 2 rings (SSSR count). The molecule has 0 aromatic heterocycles. The molecule has 2 unspecified atom stereocenters. The lowest BCUT2D eigenvalue weighted by atomic mass is 10.1. The van der Waals surface area contributed by atoms with Crippen molar-refractivity contribution in [3.8, 4) is 0 Å². The van der Waals surface area contributed by atoms with Gasteiger partial charge in [0.2, 0.25) is 0 Å². The van der Waals surface area contributed by atoms with E-state index in [9.17, 15) is 5.11 Å². The topological polar surface area (TPSA) is 69.1 Å². The summed E-state index contributed by atoms with van der Waals surface area (Å²) in [5.41, 5.74) is 0. The summed E-state index contributed by atoms with van der Waals surface area (Å²) in [6.07, 6.45) is 5.28. The molecule has 0 aromatic rings. The van der Waals surface area contributed by atoms with Crippen LogP contribution < -0.4 is 10.6 Å². The number of aliphatic hydroxyl groups is 1.